The quantitative estimate of drug-likeness (QED) is 0.839. The molecule has 2 aliphatic rings. The maximum atomic E-state index is 12.5. The number of hydrogen-bond donors (Lipinski definition) is 2. The summed E-state index contributed by atoms with van der Waals surface area (Å²) in [6, 6.07) is 0.426. The Balaban J connectivity index is 1.86. The fraction of sp³-hybridized carbons (Fsp3) is 0.889. The summed E-state index contributed by atoms with van der Waals surface area (Å²) in [6.07, 6.45) is 8.16. The van der Waals surface area contributed by atoms with Gasteiger partial charge >= 0.3 is 0 Å². The molecule has 2 fully saturated rings. The van der Waals surface area contributed by atoms with Crippen molar-refractivity contribution in [1.82, 2.24) is 10.6 Å². The van der Waals surface area contributed by atoms with E-state index in [1.807, 2.05) is 6.92 Å². The zero-order valence-corrected chi connectivity index (χ0v) is 14.4. The SMILES string of the molecule is CCC(=O)NC1CC(NC(=O)C2CCCCC2C)CCC1C. The number of amides is 2. The molecule has 2 saturated carbocycles. The van der Waals surface area contributed by atoms with Crippen LogP contribution in [0.3, 0.4) is 0 Å². The van der Waals surface area contributed by atoms with Crippen molar-refractivity contribution in [2.45, 2.75) is 84.2 Å². The zero-order chi connectivity index (χ0) is 16.1. The van der Waals surface area contributed by atoms with Crippen LogP contribution in [-0.2, 0) is 9.59 Å². The van der Waals surface area contributed by atoms with Crippen molar-refractivity contribution < 1.29 is 9.59 Å². The van der Waals surface area contributed by atoms with Crippen molar-refractivity contribution in [3.63, 3.8) is 0 Å². The van der Waals surface area contributed by atoms with E-state index in [1.165, 1.54) is 19.3 Å². The summed E-state index contributed by atoms with van der Waals surface area (Å²) in [5, 5.41) is 6.39. The van der Waals surface area contributed by atoms with Gasteiger partial charge in [-0.1, -0.05) is 33.6 Å². The van der Waals surface area contributed by atoms with Crippen molar-refractivity contribution >= 4 is 11.8 Å². The van der Waals surface area contributed by atoms with Crippen LogP contribution >= 0.6 is 0 Å². The summed E-state index contributed by atoms with van der Waals surface area (Å²) in [5.74, 6) is 1.55. The smallest absolute Gasteiger partial charge is 0.223 e. The lowest BCUT2D eigenvalue weighted by atomic mass is 9.79. The Morgan fingerprint density at radius 1 is 0.955 bits per heavy atom. The molecule has 0 heterocycles. The molecule has 2 N–H and O–H groups in total. The minimum atomic E-state index is 0.115. The lowest BCUT2D eigenvalue weighted by molar-refractivity contribution is -0.128. The van der Waals surface area contributed by atoms with Crippen LogP contribution in [0, 0.1) is 17.8 Å². The number of carbonyl (C=O) groups excluding carboxylic acids is 2. The van der Waals surface area contributed by atoms with Crippen molar-refractivity contribution in [3.8, 4) is 0 Å². The van der Waals surface area contributed by atoms with Crippen LogP contribution in [0.4, 0.5) is 0 Å². The monoisotopic (exact) mass is 308 g/mol. The number of carbonyl (C=O) groups is 2. The third-order valence-electron chi connectivity index (χ3n) is 5.66. The molecule has 5 atom stereocenters. The van der Waals surface area contributed by atoms with Gasteiger partial charge in [-0.2, -0.15) is 0 Å². The highest BCUT2D eigenvalue weighted by molar-refractivity contribution is 5.79. The van der Waals surface area contributed by atoms with Crippen molar-refractivity contribution in [2.75, 3.05) is 0 Å². The highest BCUT2D eigenvalue weighted by atomic mass is 16.2. The van der Waals surface area contributed by atoms with Gasteiger partial charge in [-0.25, -0.2) is 0 Å². The molecule has 0 aromatic rings. The molecule has 2 aliphatic carbocycles. The molecule has 4 heteroatoms. The summed E-state index contributed by atoms with van der Waals surface area (Å²) in [5.41, 5.74) is 0. The Hall–Kier alpha value is -1.06. The summed E-state index contributed by atoms with van der Waals surface area (Å²) in [7, 11) is 0. The van der Waals surface area contributed by atoms with Crippen LogP contribution in [0.2, 0.25) is 0 Å². The number of nitrogens with one attached hydrogen (secondary N) is 2. The van der Waals surface area contributed by atoms with Gasteiger partial charge in [0, 0.05) is 24.4 Å². The molecular formula is C18H32N2O2. The van der Waals surface area contributed by atoms with E-state index < -0.39 is 0 Å². The van der Waals surface area contributed by atoms with Crippen LogP contribution in [0.15, 0.2) is 0 Å². The summed E-state index contributed by atoms with van der Waals surface area (Å²) >= 11 is 0. The number of rotatable bonds is 4. The van der Waals surface area contributed by atoms with Crippen LogP contribution < -0.4 is 10.6 Å². The standard InChI is InChI=1S/C18H32N2O2/c1-4-17(21)20-16-11-14(10-9-13(16)3)19-18(22)15-8-6-5-7-12(15)2/h12-16H,4-11H2,1-3H3,(H,19,22)(H,20,21). The first-order valence-corrected chi connectivity index (χ1v) is 9.11. The molecule has 22 heavy (non-hydrogen) atoms. The Morgan fingerprint density at radius 3 is 2.36 bits per heavy atom. The maximum Gasteiger partial charge on any atom is 0.223 e. The molecule has 0 aromatic carbocycles. The Labute approximate surface area is 134 Å². The lowest BCUT2D eigenvalue weighted by Gasteiger charge is -2.36. The predicted octanol–water partition coefficient (Wildman–Crippen LogP) is 3.01. The molecule has 0 bridgehead atoms. The van der Waals surface area contributed by atoms with Crippen molar-refractivity contribution in [1.29, 1.82) is 0 Å². The van der Waals surface area contributed by atoms with Gasteiger partial charge in [-0.05, 0) is 43.9 Å². The minimum Gasteiger partial charge on any atom is -0.353 e. The summed E-state index contributed by atoms with van der Waals surface area (Å²) in [6.45, 7) is 6.28. The molecule has 2 rings (SSSR count). The molecule has 0 aromatic heterocycles. The van der Waals surface area contributed by atoms with Gasteiger partial charge in [0.05, 0.1) is 0 Å². The topological polar surface area (TPSA) is 58.2 Å². The molecular weight excluding hydrogens is 276 g/mol. The largest absolute Gasteiger partial charge is 0.353 e. The van der Waals surface area contributed by atoms with Gasteiger partial charge in [-0.3, -0.25) is 9.59 Å². The van der Waals surface area contributed by atoms with E-state index in [1.54, 1.807) is 0 Å². The van der Waals surface area contributed by atoms with Gasteiger partial charge < -0.3 is 10.6 Å². The Kier molecular flexibility index (Phi) is 6.27. The van der Waals surface area contributed by atoms with Crippen LogP contribution in [-0.4, -0.2) is 23.9 Å². The highest BCUT2D eigenvalue weighted by Gasteiger charge is 2.33. The van der Waals surface area contributed by atoms with E-state index in [9.17, 15) is 9.59 Å². The van der Waals surface area contributed by atoms with E-state index >= 15 is 0 Å². The molecule has 126 valence electrons. The van der Waals surface area contributed by atoms with Crippen LogP contribution in [0.1, 0.15) is 72.1 Å². The van der Waals surface area contributed by atoms with Gasteiger partial charge in [0.2, 0.25) is 11.8 Å². The van der Waals surface area contributed by atoms with Gasteiger partial charge in [0.1, 0.15) is 0 Å². The van der Waals surface area contributed by atoms with E-state index in [2.05, 4.69) is 24.5 Å². The van der Waals surface area contributed by atoms with Gasteiger partial charge in [0.25, 0.3) is 0 Å². The average molecular weight is 308 g/mol. The lowest BCUT2D eigenvalue weighted by Crippen LogP contribution is -2.50. The first-order valence-electron chi connectivity index (χ1n) is 9.11. The molecule has 0 aliphatic heterocycles. The maximum absolute atomic E-state index is 12.5. The second kappa shape index (κ2) is 7.98. The molecule has 5 unspecified atom stereocenters. The third-order valence-corrected chi connectivity index (χ3v) is 5.66. The molecule has 0 saturated heterocycles. The van der Waals surface area contributed by atoms with Crippen molar-refractivity contribution in [2.24, 2.45) is 17.8 Å². The number of hydrogen-bond acceptors (Lipinski definition) is 2. The Morgan fingerprint density at radius 2 is 1.68 bits per heavy atom. The third kappa shape index (κ3) is 4.47. The van der Waals surface area contributed by atoms with Crippen LogP contribution in [0.25, 0.3) is 0 Å². The second-order valence-corrected chi connectivity index (χ2v) is 7.39. The minimum absolute atomic E-state index is 0.115. The molecule has 0 radical (unpaired) electrons. The second-order valence-electron chi connectivity index (χ2n) is 7.39. The fourth-order valence-corrected chi connectivity index (χ4v) is 3.98. The van der Waals surface area contributed by atoms with E-state index in [4.69, 9.17) is 0 Å². The molecule has 4 nitrogen and oxygen atoms in total. The van der Waals surface area contributed by atoms with Gasteiger partial charge in [0.15, 0.2) is 0 Å². The van der Waals surface area contributed by atoms with Crippen molar-refractivity contribution in [3.05, 3.63) is 0 Å². The van der Waals surface area contributed by atoms with Crippen LogP contribution in [0.5, 0.6) is 0 Å². The van der Waals surface area contributed by atoms with Gasteiger partial charge in [-0.15, -0.1) is 0 Å². The van der Waals surface area contributed by atoms with E-state index in [-0.39, 0.29) is 29.8 Å². The van der Waals surface area contributed by atoms with E-state index in [0.717, 1.165) is 25.7 Å². The Bertz CT molecular complexity index is 397. The first-order chi connectivity index (χ1) is 10.5. The normalized spacial score (nSPS) is 35.7. The first kappa shape index (κ1) is 17.3. The molecule has 0 spiro atoms. The highest BCUT2D eigenvalue weighted by Crippen LogP contribution is 2.31. The fourth-order valence-electron chi connectivity index (χ4n) is 3.98. The van der Waals surface area contributed by atoms with E-state index in [0.29, 0.717) is 18.3 Å². The molecule has 2 amide bonds. The summed E-state index contributed by atoms with van der Waals surface area (Å²) in [4.78, 5) is 24.2. The average Bonchev–Trinajstić information content (AvgIpc) is 2.50. The zero-order valence-electron chi connectivity index (χ0n) is 14.4. The predicted molar refractivity (Wildman–Crippen MR) is 88.3 cm³/mol. The summed E-state index contributed by atoms with van der Waals surface area (Å²) < 4.78 is 0.